The lowest BCUT2D eigenvalue weighted by Gasteiger charge is -2.25. The molecule has 4 rings (SSSR count). The van der Waals surface area contributed by atoms with Crippen molar-refractivity contribution in [2.24, 2.45) is 4.99 Å². The van der Waals surface area contributed by atoms with E-state index in [0.717, 1.165) is 4.47 Å². The maximum atomic E-state index is 12.5. The summed E-state index contributed by atoms with van der Waals surface area (Å²) in [7, 11) is -3.16. The number of carbonyl (C=O) groups is 1. The number of ether oxygens (including phenoxy) is 1. The fraction of sp³-hybridized carbons (Fsp3) is 0.263. The molecule has 0 N–H and O–H groups in total. The van der Waals surface area contributed by atoms with Crippen molar-refractivity contribution in [3.63, 3.8) is 0 Å². The third kappa shape index (κ3) is 4.80. The summed E-state index contributed by atoms with van der Waals surface area (Å²) in [4.78, 5) is 18.4. The molecule has 2 fully saturated rings. The van der Waals surface area contributed by atoms with Crippen molar-refractivity contribution in [3.8, 4) is 5.75 Å². The van der Waals surface area contributed by atoms with Crippen LogP contribution < -0.4 is 9.64 Å². The number of rotatable bonds is 4. The van der Waals surface area contributed by atoms with Crippen LogP contribution in [0.1, 0.15) is 0 Å². The maximum Gasteiger partial charge on any atom is 0.285 e. The Labute approximate surface area is 196 Å². The van der Waals surface area contributed by atoms with Crippen molar-refractivity contribution >= 4 is 77.5 Å². The first-order valence-electron chi connectivity index (χ1n) is 8.83. The molecule has 2 aliphatic rings. The monoisotopic (exact) mass is 548 g/mol. The van der Waals surface area contributed by atoms with Gasteiger partial charge in [-0.1, -0.05) is 50.9 Å². The molecule has 11 heteroatoms. The quantitative estimate of drug-likeness (QED) is 0.561. The maximum absolute atomic E-state index is 12.5. The number of fused-ring (bicyclic) bond motifs is 1. The highest BCUT2D eigenvalue weighted by molar-refractivity contribution is 9.10. The Hall–Kier alpha value is -1.26. The predicted octanol–water partition coefficient (Wildman–Crippen LogP) is 4.44. The number of carbonyl (C=O) groups excluding carboxylic acids is 1. The van der Waals surface area contributed by atoms with Gasteiger partial charge in [0.25, 0.3) is 5.91 Å². The summed E-state index contributed by atoms with van der Waals surface area (Å²) in [5, 5.41) is 1.22. The van der Waals surface area contributed by atoms with Gasteiger partial charge in [0, 0.05) is 14.7 Å². The molecule has 158 valence electrons. The lowest BCUT2D eigenvalue weighted by molar-refractivity contribution is -0.119. The average molecular weight is 550 g/mol. The lowest BCUT2D eigenvalue weighted by Crippen LogP contribution is -2.38. The number of nitrogens with zero attached hydrogens (tertiary/aromatic N) is 2. The van der Waals surface area contributed by atoms with E-state index in [0.29, 0.717) is 26.6 Å². The fourth-order valence-corrected chi connectivity index (χ4v) is 8.15. The van der Waals surface area contributed by atoms with Crippen molar-refractivity contribution in [3.05, 3.63) is 57.0 Å². The van der Waals surface area contributed by atoms with E-state index in [4.69, 9.17) is 27.9 Å². The zero-order chi connectivity index (χ0) is 21.5. The Morgan fingerprint density at radius 1 is 1.20 bits per heavy atom. The molecule has 0 radical (unpaired) electrons. The molecule has 2 aliphatic heterocycles. The SMILES string of the molecule is O=C(COc1ccc(Cl)cc1)N=C1S[C@H]2CS(=O)(=O)C[C@@H]2N1c1ccc(Br)cc1Cl. The Kier molecular flexibility index (Phi) is 6.37. The molecular formula is C19H15BrCl2N2O4S2. The van der Waals surface area contributed by atoms with Gasteiger partial charge >= 0.3 is 0 Å². The van der Waals surface area contributed by atoms with Gasteiger partial charge in [-0.3, -0.25) is 4.79 Å². The number of hydrogen-bond acceptors (Lipinski definition) is 5. The molecule has 2 heterocycles. The molecular weight excluding hydrogens is 535 g/mol. The molecule has 6 nitrogen and oxygen atoms in total. The molecule has 1 amide bonds. The highest BCUT2D eigenvalue weighted by Gasteiger charge is 2.49. The number of benzene rings is 2. The zero-order valence-corrected chi connectivity index (χ0v) is 20.0. The van der Waals surface area contributed by atoms with E-state index in [1.807, 2.05) is 6.07 Å². The second-order valence-electron chi connectivity index (χ2n) is 6.80. The minimum Gasteiger partial charge on any atom is -0.484 e. The van der Waals surface area contributed by atoms with Crippen molar-refractivity contribution in [1.82, 2.24) is 0 Å². The first-order chi connectivity index (χ1) is 14.2. The second kappa shape index (κ2) is 8.70. The van der Waals surface area contributed by atoms with Crippen LogP contribution in [0.25, 0.3) is 0 Å². The van der Waals surface area contributed by atoms with Gasteiger partial charge in [0.15, 0.2) is 21.6 Å². The van der Waals surface area contributed by atoms with Crippen LogP contribution in [0.2, 0.25) is 10.0 Å². The first-order valence-corrected chi connectivity index (χ1v) is 13.1. The topological polar surface area (TPSA) is 76.0 Å². The van der Waals surface area contributed by atoms with E-state index in [2.05, 4.69) is 20.9 Å². The summed E-state index contributed by atoms with van der Waals surface area (Å²) in [6.45, 7) is -0.249. The number of sulfone groups is 1. The first kappa shape index (κ1) is 22.0. The van der Waals surface area contributed by atoms with E-state index in [1.165, 1.54) is 11.8 Å². The van der Waals surface area contributed by atoms with Crippen molar-refractivity contribution < 1.29 is 17.9 Å². The zero-order valence-electron chi connectivity index (χ0n) is 15.3. The van der Waals surface area contributed by atoms with Crippen LogP contribution in [0.5, 0.6) is 5.75 Å². The summed E-state index contributed by atoms with van der Waals surface area (Å²) >= 11 is 16.9. The summed E-state index contributed by atoms with van der Waals surface area (Å²) in [5.41, 5.74) is 0.613. The number of thioether (sulfide) groups is 1. The van der Waals surface area contributed by atoms with E-state index < -0.39 is 15.7 Å². The van der Waals surface area contributed by atoms with Crippen LogP contribution in [0.3, 0.4) is 0 Å². The summed E-state index contributed by atoms with van der Waals surface area (Å²) < 4.78 is 30.6. The summed E-state index contributed by atoms with van der Waals surface area (Å²) in [5.74, 6) is 0.0591. The summed E-state index contributed by atoms with van der Waals surface area (Å²) in [6.07, 6.45) is 0. The van der Waals surface area contributed by atoms with E-state index >= 15 is 0 Å². The van der Waals surface area contributed by atoms with Gasteiger partial charge in [0.05, 0.1) is 28.3 Å². The molecule has 0 aliphatic carbocycles. The molecule has 0 unspecified atom stereocenters. The average Bonchev–Trinajstić information content (AvgIpc) is 3.13. The Bertz CT molecular complexity index is 1130. The third-order valence-electron chi connectivity index (χ3n) is 4.63. The van der Waals surface area contributed by atoms with Crippen LogP contribution in [0.15, 0.2) is 51.9 Å². The Morgan fingerprint density at radius 2 is 1.93 bits per heavy atom. The van der Waals surface area contributed by atoms with Crippen LogP contribution in [-0.4, -0.2) is 48.9 Å². The van der Waals surface area contributed by atoms with Crippen LogP contribution in [0.4, 0.5) is 5.69 Å². The number of halogens is 3. The smallest absolute Gasteiger partial charge is 0.285 e. The van der Waals surface area contributed by atoms with Gasteiger partial charge in [-0.05, 0) is 42.5 Å². The molecule has 0 bridgehead atoms. The van der Waals surface area contributed by atoms with Gasteiger partial charge in [-0.15, -0.1) is 0 Å². The predicted molar refractivity (Wildman–Crippen MR) is 125 cm³/mol. The van der Waals surface area contributed by atoms with Crippen molar-refractivity contribution in [2.75, 3.05) is 23.0 Å². The van der Waals surface area contributed by atoms with Gasteiger partial charge in [0.1, 0.15) is 5.75 Å². The fourth-order valence-electron chi connectivity index (χ4n) is 3.34. The highest BCUT2D eigenvalue weighted by Crippen LogP contribution is 2.43. The Morgan fingerprint density at radius 3 is 2.63 bits per heavy atom. The van der Waals surface area contributed by atoms with Gasteiger partial charge < -0.3 is 9.64 Å². The van der Waals surface area contributed by atoms with Gasteiger partial charge in [-0.25, -0.2) is 8.42 Å². The molecule has 2 atom stereocenters. The second-order valence-corrected chi connectivity index (χ2v) is 11.9. The number of aliphatic imine (C=N–C) groups is 1. The number of anilines is 1. The number of hydrogen-bond donors (Lipinski definition) is 0. The molecule has 2 saturated heterocycles. The van der Waals surface area contributed by atoms with Gasteiger partial charge in [-0.2, -0.15) is 4.99 Å². The highest BCUT2D eigenvalue weighted by atomic mass is 79.9. The molecule has 2 aromatic carbocycles. The van der Waals surface area contributed by atoms with E-state index in [9.17, 15) is 13.2 Å². The van der Waals surface area contributed by atoms with Crippen molar-refractivity contribution in [2.45, 2.75) is 11.3 Å². The number of amidine groups is 1. The third-order valence-corrected chi connectivity index (χ3v) is 8.89. The minimum absolute atomic E-state index is 0.00839. The van der Waals surface area contributed by atoms with E-state index in [1.54, 1.807) is 41.3 Å². The van der Waals surface area contributed by atoms with E-state index in [-0.39, 0.29) is 29.4 Å². The van der Waals surface area contributed by atoms with Gasteiger partial charge in [0.2, 0.25) is 0 Å². The minimum atomic E-state index is -3.16. The lowest BCUT2D eigenvalue weighted by atomic mass is 10.2. The molecule has 0 aromatic heterocycles. The molecule has 0 spiro atoms. The number of amides is 1. The van der Waals surface area contributed by atoms with Crippen LogP contribution in [-0.2, 0) is 14.6 Å². The molecule has 2 aromatic rings. The molecule has 30 heavy (non-hydrogen) atoms. The Balaban J connectivity index is 1.58. The molecule has 0 saturated carbocycles. The van der Waals surface area contributed by atoms with Crippen LogP contribution >= 0.6 is 50.9 Å². The normalized spacial score (nSPS) is 23.6. The largest absolute Gasteiger partial charge is 0.484 e. The summed E-state index contributed by atoms with van der Waals surface area (Å²) in [6, 6.07) is 11.6. The standard InChI is InChI=1S/C19H15BrCl2N2O4S2/c20-11-1-6-15(14(22)7-11)24-16-9-30(26,27)10-17(16)29-19(24)23-18(25)8-28-13-4-2-12(21)3-5-13/h1-7,16-17H,8-10H2/t16-,17-/m0/s1. The van der Waals surface area contributed by atoms with Crippen molar-refractivity contribution in [1.29, 1.82) is 0 Å². The van der Waals surface area contributed by atoms with Crippen LogP contribution in [0, 0.1) is 0 Å².